The van der Waals surface area contributed by atoms with Crippen LogP contribution in [0.3, 0.4) is 0 Å². The number of hydrogen-bond acceptors (Lipinski definition) is 2. The van der Waals surface area contributed by atoms with Gasteiger partial charge in [0.05, 0.1) is 16.3 Å². The van der Waals surface area contributed by atoms with Crippen molar-refractivity contribution in [2.24, 2.45) is 0 Å². The number of benzene rings is 2. The monoisotopic (exact) mass is 286 g/mol. The standard InChI is InChI=1S/C15H11ClN2O2/c1-17-13-11(8-5-9-12(13)16)14(15(17)19)18(20)10-6-3-2-4-7-10/h2-9H,1H3/b18-14+. The van der Waals surface area contributed by atoms with E-state index in [4.69, 9.17) is 11.6 Å². The number of carbonyl (C=O) groups excluding carboxylic acids is 1. The number of rotatable bonds is 1. The molecule has 0 saturated heterocycles. The first-order chi connectivity index (χ1) is 9.61. The molecule has 0 saturated carbocycles. The van der Waals surface area contributed by atoms with E-state index in [1.165, 1.54) is 4.90 Å². The van der Waals surface area contributed by atoms with E-state index < -0.39 is 0 Å². The quantitative estimate of drug-likeness (QED) is 0.460. The van der Waals surface area contributed by atoms with Crippen molar-refractivity contribution in [3.05, 3.63) is 64.3 Å². The van der Waals surface area contributed by atoms with Gasteiger partial charge in [-0.25, -0.2) is 0 Å². The number of nitrogens with zero attached hydrogens (tertiary/aromatic N) is 2. The lowest BCUT2D eigenvalue weighted by molar-refractivity contribution is -0.359. The van der Waals surface area contributed by atoms with Crippen LogP contribution in [-0.4, -0.2) is 23.4 Å². The van der Waals surface area contributed by atoms with Gasteiger partial charge in [-0.2, -0.15) is 4.74 Å². The lowest BCUT2D eigenvalue weighted by atomic mass is 10.1. The van der Waals surface area contributed by atoms with Crippen molar-refractivity contribution >= 4 is 34.6 Å². The summed E-state index contributed by atoms with van der Waals surface area (Å²) in [6.45, 7) is 0. The Labute approximate surface area is 121 Å². The average Bonchev–Trinajstić information content (AvgIpc) is 2.72. The van der Waals surface area contributed by atoms with Gasteiger partial charge in [-0.05, 0) is 12.1 Å². The van der Waals surface area contributed by atoms with Gasteiger partial charge in [0.2, 0.25) is 5.69 Å². The van der Waals surface area contributed by atoms with Crippen LogP contribution >= 0.6 is 11.6 Å². The normalized spacial score (nSPS) is 16.3. The second-order valence-corrected chi connectivity index (χ2v) is 4.89. The van der Waals surface area contributed by atoms with Crippen molar-refractivity contribution in [3.63, 3.8) is 0 Å². The zero-order valence-corrected chi connectivity index (χ0v) is 11.5. The highest BCUT2D eigenvalue weighted by molar-refractivity contribution is 6.54. The van der Waals surface area contributed by atoms with E-state index in [0.717, 1.165) is 0 Å². The van der Waals surface area contributed by atoms with E-state index >= 15 is 0 Å². The van der Waals surface area contributed by atoms with Gasteiger partial charge in [0, 0.05) is 19.2 Å². The van der Waals surface area contributed by atoms with Crippen molar-refractivity contribution in [2.45, 2.75) is 0 Å². The number of hydrogen-bond donors (Lipinski definition) is 0. The summed E-state index contributed by atoms with van der Waals surface area (Å²) in [5.74, 6) is -0.355. The average molecular weight is 287 g/mol. The van der Waals surface area contributed by atoms with Crippen LogP contribution in [0.2, 0.25) is 5.02 Å². The summed E-state index contributed by atoms with van der Waals surface area (Å²) in [5.41, 5.74) is 1.64. The lowest BCUT2D eigenvalue weighted by Crippen LogP contribution is -2.29. The summed E-state index contributed by atoms with van der Waals surface area (Å²) in [5, 5.41) is 12.9. The molecule has 0 radical (unpaired) electrons. The van der Waals surface area contributed by atoms with Crippen LogP contribution in [0.1, 0.15) is 5.56 Å². The molecule has 1 amide bonds. The fourth-order valence-electron chi connectivity index (χ4n) is 2.31. The molecule has 0 atom stereocenters. The molecule has 0 spiro atoms. The molecule has 5 heteroatoms. The third-order valence-electron chi connectivity index (χ3n) is 3.28. The largest absolute Gasteiger partial charge is 0.618 e. The molecule has 2 aromatic carbocycles. The first-order valence-corrected chi connectivity index (χ1v) is 6.45. The Morgan fingerprint density at radius 2 is 1.80 bits per heavy atom. The number of para-hydroxylation sites is 2. The van der Waals surface area contributed by atoms with Crippen molar-refractivity contribution in [1.29, 1.82) is 0 Å². The third kappa shape index (κ3) is 1.77. The topological polar surface area (TPSA) is 46.4 Å². The number of likely N-dealkylation sites (N-methyl/N-ethyl adjacent to an activating group) is 1. The molecule has 0 aliphatic carbocycles. The predicted octanol–water partition coefficient (Wildman–Crippen LogP) is 2.95. The molecular formula is C15H11ClN2O2. The lowest BCUT2D eigenvalue weighted by Gasteiger charge is -2.09. The molecule has 3 rings (SSSR count). The van der Waals surface area contributed by atoms with Gasteiger partial charge >= 0.3 is 5.91 Å². The van der Waals surface area contributed by atoms with E-state index in [-0.39, 0.29) is 11.6 Å². The molecule has 2 aromatic rings. The summed E-state index contributed by atoms with van der Waals surface area (Å²) in [4.78, 5) is 13.7. The summed E-state index contributed by atoms with van der Waals surface area (Å²) in [7, 11) is 1.61. The van der Waals surface area contributed by atoms with Crippen molar-refractivity contribution < 1.29 is 9.53 Å². The molecule has 0 fully saturated rings. The van der Waals surface area contributed by atoms with Crippen molar-refractivity contribution in [3.8, 4) is 0 Å². The first-order valence-electron chi connectivity index (χ1n) is 6.07. The maximum Gasteiger partial charge on any atom is 0.324 e. The molecule has 0 unspecified atom stereocenters. The molecule has 1 heterocycles. The van der Waals surface area contributed by atoms with Crippen LogP contribution < -0.4 is 4.90 Å². The molecule has 0 aromatic heterocycles. The molecule has 20 heavy (non-hydrogen) atoms. The molecule has 1 aliphatic heterocycles. The number of anilines is 1. The Bertz CT molecular complexity index is 726. The number of carbonyl (C=O) groups is 1. The molecular weight excluding hydrogens is 276 g/mol. The maximum absolute atomic E-state index is 12.5. The van der Waals surface area contributed by atoms with Crippen LogP contribution in [0.4, 0.5) is 11.4 Å². The van der Waals surface area contributed by atoms with E-state index in [1.807, 2.05) is 6.07 Å². The van der Waals surface area contributed by atoms with Gasteiger partial charge in [0.15, 0.2) is 0 Å². The second-order valence-electron chi connectivity index (χ2n) is 4.48. The minimum Gasteiger partial charge on any atom is -0.618 e. The van der Waals surface area contributed by atoms with Gasteiger partial charge < -0.3 is 10.1 Å². The number of amides is 1. The van der Waals surface area contributed by atoms with Gasteiger partial charge in [-0.15, -0.1) is 0 Å². The highest BCUT2D eigenvalue weighted by atomic mass is 35.5. The second kappa shape index (κ2) is 4.65. The Morgan fingerprint density at radius 1 is 1.10 bits per heavy atom. The summed E-state index contributed by atoms with van der Waals surface area (Å²) in [6, 6.07) is 13.8. The zero-order valence-electron chi connectivity index (χ0n) is 10.7. The maximum atomic E-state index is 12.5. The molecule has 1 aliphatic rings. The van der Waals surface area contributed by atoms with E-state index in [0.29, 0.717) is 26.7 Å². The predicted molar refractivity (Wildman–Crippen MR) is 78.7 cm³/mol. The third-order valence-corrected chi connectivity index (χ3v) is 3.58. The summed E-state index contributed by atoms with van der Waals surface area (Å²) >= 11 is 6.12. The minimum absolute atomic E-state index is 0.0937. The first kappa shape index (κ1) is 12.7. The Kier molecular flexibility index (Phi) is 2.95. The van der Waals surface area contributed by atoms with Crippen LogP contribution in [0, 0.1) is 5.21 Å². The molecule has 0 bridgehead atoms. The van der Waals surface area contributed by atoms with Gasteiger partial charge in [0.25, 0.3) is 5.71 Å². The number of halogens is 1. The Balaban J connectivity index is 2.27. The van der Waals surface area contributed by atoms with Crippen molar-refractivity contribution in [1.82, 2.24) is 0 Å². The molecule has 0 N–H and O–H groups in total. The fraction of sp³-hybridized carbons (Fsp3) is 0.0667. The minimum atomic E-state index is -0.355. The molecule has 4 nitrogen and oxygen atoms in total. The summed E-state index contributed by atoms with van der Waals surface area (Å²) < 4.78 is 0.654. The van der Waals surface area contributed by atoms with Gasteiger partial charge in [-0.3, -0.25) is 4.79 Å². The van der Waals surface area contributed by atoms with Crippen LogP contribution in [0.25, 0.3) is 0 Å². The molecule has 100 valence electrons. The highest BCUT2D eigenvalue weighted by Gasteiger charge is 2.39. The number of fused-ring (bicyclic) bond motifs is 1. The van der Waals surface area contributed by atoms with E-state index in [9.17, 15) is 10.0 Å². The highest BCUT2D eigenvalue weighted by Crippen LogP contribution is 2.35. The van der Waals surface area contributed by atoms with E-state index in [1.54, 1.807) is 49.5 Å². The van der Waals surface area contributed by atoms with Gasteiger partial charge in [0.1, 0.15) is 0 Å². The fourth-order valence-corrected chi connectivity index (χ4v) is 2.61. The zero-order chi connectivity index (χ0) is 14.3. The van der Waals surface area contributed by atoms with Crippen molar-refractivity contribution in [2.75, 3.05) is 11.9 Å². The van der Waals surface area contributed by atoms with E-state index in [2.05, 4.69) is 0 Å². The van der Waals surface area contributed by atoms with Crippen LogP contribution in [-0.2, 0) is 4.79 Å². The van der Waals surface area contributed by atoms with Crippen LogP contribution in [0.15, 0.2) is 48.5 Å². The Hall–Kier alpha value is -2.33. The van der Waals surface area contributed by atoms with Crippen LogP contribution in [0.5, 0.6) is 0 Å². The Morgan fingerprint density at radius 3 is 2.50 bits per heavy atom. The SMILES string of the molecule is CN1C(=O)/C(=[N+](/[O-])c2ccccc2)c2cccc(Cl)c21. The smallest absolute Gasteiger partial charge is 0.324 e. The van der Waals surface area contributed by atoms with Gasteiger partial charge in [-0.1, -0.05) is 35.9 Å². The summed E-state index contributed by atoms with van der Waals surface area (Å²) in [6.07, 6.45) is 0.